The monoisotopic (exact) mass is 391 g/mol. The maximum absolute atomic E-state index is 12.9. The molecule has 6 heteroatoms. The molecular formula is C18H18BrNO4. The number of nitrogens with zero attached hydrogens (tertiary/aromatic N) is 1. The topological polar surface area (TPSA) is 70.8 Å². The van der Waals surface area contributed by atoms with Crippen molar-refractivity contribution in [2.75, 3.05) is 11.4 Å². The summed E-state index contributed by atoms with van der Waals surface area (Å²) in [5.74, 6) is -0.720. The van der Waals surface area contributed by atoms with E-state index in [2.05, 4.69) is 15.9 Å². The van der Waals surface area contributed by atoms with Gasteiger partial charge < -0.3 is 14.4 Å². The molecule has 1 N–H and O–H groups in total. The maximum atomic E-state index is 12.9. The van der Waals surface area contributed by atoms with Gasteiger partial charge >= 0.3 is 0 Å². The second-order valence-corrected chi connectivity index (χ2v) is 6.83. The Morgan fingerprint density at radius 2 is 2.17 bits per heavy atom. The lowest BCUT2D eigenvalue weighted by Gasteiger charge is -2.22. The number of rotatable bonds is 6. The summed E-state index contributed by atoms with van der Waals surface area (Å²) in [5.41, 5.74) is -0.749. The van der Waals surface area contributed by atoms with E-state index in [4.69, 9.17) is 4.42 Å². The van der Waals surface area contributed by atoms with Crippen molar-refractivity contribution in [3.8, 4) is 0 Å². The average molecular weight is 392 g/mol. The first-order valence-corrected chi connectivity index (χ1v) is 8.67. The summed E-state index contributed by atoms with van der Waals surface area (Å²) >= 11 is 3.37. The highest BCUT2D eigenvalue weighted by atomic mass is 79.9. The standard InChI is InChI=1S/C18H18BrNO4/c1-2-3-8-20-14-7-6-12(19)10-13(14)18(23,17(20)22)11-15(21)16-5-4-9-24-16/h4-7,9-10,23H,2-3,8,11H2,1H3. The first-order chi connectivity index (χ1) is 11.5. The fraction of sp³-hybridized carbons (Fsp3) is 0.333. The summed E-state index contributed by atoms with van der Waals surface area (Å²) in [7, 11) is 0. The molecule has 0 radical (unpaired) electrons. The third kappa shape index (κ3) is 2.80. The van der Waals surface area contributed by atoms with Crippen molar-refractivity contribution >= 4 is 33.3 Å². The summed E-state index contributed by atoms with van der Waals surface area (Å²) in [6.45, 7) is 2.55. The average Bonchev–Trinajstić information content (AvgIpc) is 3.15. The molecule has 0 aliphatic carbocycles. The number of Topliss-reactive ketones (excluding diaryl/α,β-unsaturated/α-hetero) is 1. The number of amides is 1. The molecule has 1 atom stereocenters. The number of ketones is 1. The van der Waals surface area contributed by atoms with Crippen molar-refractivity contribution in [1.82, 2.24) is 0 Å². The number of benzene rings is 1. The molecule has 2 aromatic rings. The Labute approximate surface area is 148 Å². The molecule has 0 fully saturated rings. The first kappa shape index (κ1) is 16.9. The minimum absolute atomic E-state index is 0.139. The van der Waals surface area contributed by atoms with Gasteiger partial charge in [0.05, 0.1) is 18.4 Å². The van der Waals surface area contributed by atoms with Gasteiger partial charge in [0.15, 0.2) is 11.4 Å². The number of hydrogen-bond donors (Lipinski definition) is 1. The van der Waals surface area contributed by atoms with Crippen LogP contribution in [0.25, 0.3) is 0 Å². The zero-order valence-electron chi connectivity index (χ0n) is 13.3. The number of furan rings is 1. The van der Waals surface area contributed by atoms with Gasteiger partial charge in [0.1, 0.15) is 0 Å². The number of aliphatic hydroxyl groups is 1. The van der Waals surface area contributed by atoms with Crippen molar-refractivity contribution in [2.24, 2.45) is 0 Å². The van der Waals surface area contributed by atoms with Gasteiger partial charge in [-0.1, -0.05) is 29.3 Å². The van der Waals surface area contributed by atoms with E-state index in [0.29, 0.717) is 17.8 Å². The second-order valence-electron chi connectivity index (χ2n) is 5.91. The third-order valence-corrected chi connectivity index (χ3v) is 4.73. The Bertz CT molecular complexity index is 771. The summed E-state index contributed by atoms with van der Waals surface area (Å²) in [4.78, 5) is 26.8. The normalized spacial score (nSPS) is 19.6. The van der Waals surface area contributed by atoms with Crippen molar-refractivity contribution in [2.45, 2.75) is 31.8 Å². The molecule has 1 aromatic heterocycles. The maximum Gasteiger partial charge on any atom is 0.264 e. The van der Waals surface area contributed by atoms with E-state index in [0.717, 1.165) is 17.3 Å². The highest BCUT2D eigenvalue weighted by Gasteiger charge is 2.51. The van der Waals surface area contributed by atoms with E-state index in [-0.39, 0.29) is 12.2 Å². The van der Waals surface area contributed by atoms with Crippen molar-refractivity contribution in [3.05, 3.63) is 52.4 Å². The molecular weight excluding hydrogens is 374 g/mol. The number of hydrogen-bond acceptors (Lipinski definition) is 4. The van der Waals surface area contributed by atoms with Gasteiger partial charge in [-0.2, -0.15) is 0 Å². The van der Waals surface area contributed by atoms with E-state index < -0.39 is 17.3 Å². The number of anilines is 1. The van der Waals surface area contributed by atoms with Crippen LogP contribution in [0.1, 0.15) is 42.3 Å². The van der Waals surface area contributed by atoms with Crippen LogP contribution in [0.5, 0.6) is 0 Å². The Hall–Kier alpha value is -1.92. The summed E-state index contributed by atoms with van der Waals surface area (Å²) in [6, 6.07) is 8.45. The third-order valence-electron chi connectivity index (χ3n) is 4.24. The van der Waals surface area contributed by atoms with Gasteiger partial charge in [0, 0.05) is 16.6 Å². The molecule has 0 saturated carbocycles. The number of carbonyl (C=O) groups is 2. The van der Waals surface area contributed by atoms with Crippen LogP contribution in [0, 0.1) is 0 Å². The zero-order valence-corrected chi connectivity index (χ0v) is 14.9. The van der Waals surface area contributed by atoms with E-state index in [1.54, 1.807) is 23.1 Å². The van der Waals surface area contributed by atoms with Crippen LogP contribution in [-0.2, 0) is 10.4 Å². The van der Waals surface area contributed by atoms with E-state index in [1.807, 2.05) is 13.0 Å². The van der Waals surface area contributed by atoms with Crippen LogP contribution in [0.15, 0.2) is 45.5 Å². The number of fused-ring (bicyclic) bond motifs is 1. The molecule has 5 nitrogen and oxygen atoms in total. The molecule has 2 heterocycles. The van der Waals surface area contributed by atoms with Gasteiger partial charge in [0.25, 0.3) is 5.91 Å². The van der Waals surface area contributed by atoms with Crippen molar-refractivity contribution in [1.29, 1.82) is 0 Å². The Kier molecular flexibility index (Phi) is 4.60. The van der Waals surface area contributed by atoms with Gasteiger partial charge in [-0.3, -0.25) is 9.59 Å². The first-order valence-electron chi connectivity index (χ1n) is 7.88. The quantitative estimate of drug-likeness (QED) is 0.762. The zero-order chi connectivity index (χ0) is 17.3. The molecule has 126 valence electrons. The van der Waals surface area contributed by atoms with Crippen molar-refractivity contribution in [3.63, 3.8) is 0 Å². The highest BCUT2D eigenvalue weighted by molar-refractivity contribution is 9.10. The largest absolute Gasteiger partial charge is 0.461 e. The van der Waals surface area contributed by atoms with Crippen LogP contribution in [0.2, 0.25) is 0 Å². The van der Waals surface area contributed by atoms with Crippen LogP contribution in [-0.4, -0.2) is 23.3 Å². The van der Waals surface area contributed by atoms with Crippen LogP contribution in [0.4, 0.5) is 5.69 Å². The molecule has 3 rings (SSSR count). The molecule has 0 spiro atoms. The smallest absolute Gasteiger partial charge is 0.264 e. The Morgan fingerprint density at radius 1 is 1.38 bits per heavy atom. The molecule has 0 bridgehead atoms. The van der Waals surface area contributed by atoms with E-state index >= 15 is 0 Å². The summed E-state index contributed by atoms with van der Waals surface area (Å²) < 4.78 is 5.84. The number of halogens is 1. The molecule has 1 aromatic carbocycles. The van der Waals surface area contributed by atoms with Crippen LogP contribution < -0.4 is 4.90 Å². The van der Waals surface area contributed by atoms with Crippen LogP contribution in [0.3, 0.4) is 0 Å². The van der Waals surface area contributed by atoms with Crippen LogP contribution >= 0.6 is 15.9 Å². The minimum atomic E-state index is -1.86. The fourth-order valence-corrected chi connectivity index (χ4v) is 3.35. The van der Waals surface area contributed by atoms with Gasteiger partial charge in [-0.15, -0.1) is 0 Å². The molecule has 0 saturated heterocycles. The molecule has 1 amide bonds. The molecule has 24 heavy (non-hydrogen) atoms. The lowest BCUT2D eigenvalue weighted by molar-refractivity contribution is -0.135. The highest BCUT2D eigenvalue weighted by Crippen LogP contribution is 2.44. The van der Waals surface area contributed by atoms with Gasteiger partial charge in [-0.25, -0.2) is 0 Å². The molecule has 1 unspecified atom stereocenters. The Morgan fingerprint density at radius 3 is 2.83 bits per heavy atom. The fourth-order valence-electron chi connectivity index (χ4n) is 2.99. The van der Waals surface area contributed by atoms with Gasteiger partial charge in [-0.05, 0) is 36.8 Å². The number of unbranched alkanes of at least 4 members (excludes halogenated alkanes) is 1. The lowest BCUT2D eigenvalue weighted by Crippen LogP contribution is -2.42. The minimum Gasteiger partial charge on any atom is -0.461 e. The SMILES string of the molecule is CCCCN1C(=O)C(O)(CC(=O)c2ccco2)c2cc(Br)ccc21. The van der Waals surface area contributed by atoms with Crippen molar-refractivity contribution < 1.29 is 19.1 Å². The Balaban J connectivity index is 1.99. The predicted molar refractivity (Wildman–Crippen MR) is 93.0 cm³/mol. The second kappa shape index (κ2) is 6.53. The van der Waals surface area contributed by atoms with E-state index in [9.17, 15) is 14.7 Å². The molecule has 1 aliphatic heterocycles. The van der Waals surface area contributed by atoms with Gasteiger partial charge in [0.2, 0.25) is 5.78 Å². The predicted octanol–water partition coefficient (Wildman–Crippen LogP) is 3.65. The number of carbonyl (C=O) groups excluding carboxylic acids is 2. The van der Waals surface area contributed by atoms with E-state index in [1.165, 1.54) is 12.3 Å². The molecule has 1 aliphatic rings. The summed E-state index contributed by atoms with van der Waals surface area (Å²) in [5, 5.41) is 11.1. The lowest BCUT2D eigenvalue weighted by atomic mass is 9.89. The summed E-state index contributed by atoms with van der Waals surface area (Å²) in [6.07, 6.45) is 2.81.